The van der Waals surface area contributed by atoms with Crippen LogP contribution in [-0.2, 0) is 9.53 Å². The Hall–Kier alpha value is -2.17. The Morgan fingerprint density at radius 3 is 1.47 bits per heavy atom. The molecule has 0 amide bonds. The third-order valence-corrected chi connectivity index (χ3v) is 7.14. The largest absolute Gasteiger partial charge is 0.502 e. The lowest BCUT2D eigenvalue weighted by molar-refractivity contribution is -0.142. The molecule has 1 rings (SSSR count). The number of methoxy groups -OCH3 is 2. The number of carbonyl (C=O) groups excluding carboxylic acids is 1. The van der Waals surface area contributed by atoms with E-state index in [1.807, 2.05) is 6.08 Å². The van der Waals surface area contributed by atoms with E-state index >= 15 is 0 Å². The minimum atomic E-state index is -0.150. The number of esters is 1. The van der Waals surface area contributed by atoms with Crippen molar-refractivity contribution in [2.75, 3.05) is 20.8 Å². The van der Waals surface area contributed by atoms with Gasteiger partial charge < -0.3 is 19.3 Å². The smallest absolute Gasteiger partial charge is 0.306 e. The van der Waals surface area contributed by atoms with E-state index in [0.29, 0.717) is 17.9 Å². The standard InChI is InChI=1S/C33H56O5/c1-4-5-6-7-8-9-10-11-12-13-14-15-16-17-18-19-20-21-22-25-32(34)38-26-23-24-29-27-30(36-2)33(35)31(28-29)37-3/h23-24,27-28,35H,4-22,25-26H2,1-3H3/b24-23+. The molecule has 0 atom stereocenters. The molecule has 0 aliphatic rings. The predicted octanol–water partition coefficient (Wildman–Crippen LogP) is 9.79. The fourth-order valence-electron chi connectivity index (χ4n) is 4.76. The van der Waals surface area contributed by atoms with Gasteiger partial charge in [0.1, 0.15) is 6.61 Å². The second-order valence-electron chi connectivity index (χ2n) is 10.5. The number of carbonyl (C=O) groups is 1. The number of ether oxygens (including phenoxy) is 3. The molecule has 0 aromatic heterocycles. The van der Waals surface area contributed by atoms with Crippen LogP contribution in [0.5, 0.6) is 17.2 Å². The van der Waals surface area contributed by atoms with Crippen molar-refractivity contribution in [3.8, 4) is 17.2 Å². The van der Waals surface area contributed by atoms with Crippen LogP contribution in [0.2, 0.25) is 0 Å². The first kappa shape index (κ1) is 33.9. The van der Waals surface area contributed by atoms with Gasteiger partial charge >= 0.3 is 5.97 Å². The summed E-state index contributed by atoms with van der Waals surface area (Å²) < 4.78 is 15.6. The maximum absolute atomic E-state index is 12.0. The summed E-state index contributed by atoms with van der Waals surface area (Å²) in [6.07, 6.45) is 29.6. The van der Waals surface area contributed by atoms with Gasteiger partial charge in [0.2, 0.25) is 5.75 Å². The van der Waals surface area contributed by atoms with Crippen molar-refractivity contribution in [1.29, 1.82) is 0 Å². The third-order valence-electron chi connectivity index (χ3n) is 7.14. The van der Waals surface area contributed by atoms with Crippen LogP contribution in [0.4, 0.5) is 0 Å². The molecule has 0 spiro atoms. The summed E-state index contributed by atoms with van der Waals surface area (Å²) in [5.41, 5.74) is 0.798. The number of aromatic hydroxyl groups is 1. The van der Waals surface area contributed by atoms with Crippen LogP contribution in [0, 0.1) is 0 Å². The Balaban J connectivity index is 1.90. The van der Waals surface area contributed by atoms with Crippen molar-refractivity contribution in [2.24, 2.45) is 0 Å². The molecule has 5 heteroatoms. The van der Waals surface area contributed by atoms with E-state index in [9.17, 15) is 9.90 Å². The molecule has 1 aromatic carbocycles. The summed E-state index contributed by atoms with van der Waals surface area (Å²) in [5, 5.41) is 9.97. The maximum Gasteiger partial charge on any atom is 0.306 e. The van der Waals surface area contributed by atoms with E-state index in [1.54, 1.807) is 18.2 Å². The Kier molecular flexibility index (Phi) is 21.3. The second-order valence-corrected chi connectivity index (χ2v) is 10.5. The van der Waals surface area contributed by atoms with E-state index in [0.717, 1.165) is 18.4 Å². The van der Waals surface area contributed by atoms with Gasteiger partial charge in [-0.3, -0.25) is 4.79 Å². The average molecular weight is 533 g/mol. The zero-order valence-corrected chi connectivity index (χ0v) is 24.7. The van der Waals surface area contributed by atoms with Gasteiger partial charge in [-0.15, -0.1) is 0 Å². The van der Waals surface area contributed by atoms with Gasteiger partial charge in [-0.05, 0) is 30.2 Å². The lowest BCUT2D eigenvalue weighted by Gasteiger charge is -2.09. The van der Waals surface area contributed by atoms with Crippen LogP contribution < -0.4 is 9.47 Å². The summed E-state index contributed by atoms with van der Waals surface area (Å²) >= 11 is 0. The first-order chi connectivity index (χ1) is 18.6. The highest BCUT2D eigenvalue weighted by Gasteiger charge is 2.10. The Morgan fingerprint density at radius 2 is 1.08 bits per heavy atom. The van der Waals surface area contributed by atoms with Crippen molar-refractivity contribution in [3.05, 3.63) is 23.8 Å². The highest BCUT2D eigenvalue weighted by molar-refractivity contribution is 5.69. The number of hydrogen-bond donors (Lipinski definition) is 1. The van der Waals surface area contributed by atoms with Crippen molar-refractivity contribution >= 4 is 12.0 Å². The van der Waals surface area contributed by atoms with Gasteiger partial charge in [-0.1, -0.05) is 129 Å². The van der Waals surface area contributed by atoms with Crippen LogP contribution in [0.3, 0.4) is 0 Å². The highest BCUT2D eigenvalue weighted by atomic mass is 16.5. The monoisotopic (exact) mass is 532 g/mol. The van der Waals surface area contributed by atoms with Gasteiger partial charge in [0.25, 0.3) is 0 Å². The topological polar surface area (TPSA) is 65.0 Å². The van der Waals surface area contributed by atoms with Crippen molar-refractivity contribution in [3.63, 3.8) is 0 Å². The first-order valence-corrected chi connectivity index (χ1v) is 15.4. The van der Waals surface area contributed by atoms with Crippen molar-refractivity contribution < 1.29 is 24.1 Å². The summed E-state index contributed by atoms with van der Waals surface area (Å²) in [4.78, 5) is 12.0. The zero-order valence-electron chi connectivity index (χ0n) is 24.7. The maximum atomic E-state index is 12.0. The van der Waals surface area contributed by atoms with E-state index in [1.165, 1.54) is 123 Å². The molecule has 0 aliphatic heterocycles. The average Bonchev–Trinajstić information content (AvgIpc) is 2.93. The number of hydrogen-bond acceptors (Lipinski definition) is 5. The Morgan fingerprint density at radius 1 is 0.684 bits per heavy atom. The molecular weight excluding hydrogens is 476 g/mol. The predicted molar refractivity (Wildman–Crippen MR) is 159 cm³/mol. The number of phenols is 1. The minimum Gasteiger partial charge on any atom is -0.502 e. The van der Waals surface area contributed by atoms with E-state index in [-0.39, 0.29) is 18.3 Å². The van der Waals surface area contributed by atoms with Crippen molar-refractivity contribution in [2.45, 2.75) is 135 Å². The Bertz CT molecular complexity index is 718. The zero-order chi connectivity index (χ0) is 27.7. The summed E-state index contributed by atoms with van der Waals surface area (Å²) in [7, 11) is 2.98. The lowest BCUT2D eigenvalue weighted by atomic mass is 10.0. The quantitative estimate of drug-likeness (QED) is 0.100. The summed E-state index contributed by atoms with van der Waals surface area (Å²) in [5.74, 6) is 0.497. The summed E-state index contributed by atoms with van der Waals surface area (Å²) in [6, 6.07) is 3.41. The second kappa shape index (κ2) is 23.9. The van der Waals surface area contributed by atoms with Crippen LogP contribution in [0.15, 0.2) is 18.2 Å². The summed E-state index contributed by atoms with van der Waals surface area (Å²) in [6.45, 7) is 2.51. The number of phenolic OH excluding ortho intramolecular Hbond substituents is 1. The lowest BCUT2D eigenvalue weighted by Crippen LogP contribution is -2.04. The normalized spacial score (nSPS) is 11.2. The van der Waals surface area contributed by atoms with Crippen LogP contribution in [0.25, 0.3) is 6.08 Å². The van der Waals surface area contributed by atoms with Gasteiger partial charge in [-0.2, -0.15) is 0 Å². The molecule has 0 radical (unpaired) electrons. The third kappa shape index (κ3) is 17.4. The molecule has 5 nitrogen and oxygen atoms in total. The van der Waals surface area contributed by atoms with Gasteiger partial charge in [0.05, 0.1) is 14.2 Å². The minimum absolute atomic E-state index is 0.0295. The Labute approximate surface area is 233 Å². The molecule has 0 saturated carbocycles. The van der Waals surface area contributed by atoms with Crippen LogP contribution >= 0.6 is 0 Å². The fraction of sp³-hybridized carbons (Fsp3) is 0.727. The number of benzene rings is 1. The van der Waals surface area contributed by atoms with Gasteiger partial charge in [0.15, 0.2) is 11.5 Å². The van der Waals surface area contributed by atoms with E-state index in [4.69, 9.17) is 14.2 Å². The molecule has 0 aliphatic carbocycles. The molecule has 1 aromatic rings. The molecule has 0 heterocycles. The molecule has 1 N–H and O–H groups in total. The fourth-order valence-corrected chi connectivity index (χ4v) is 4.76. The number of unbranched alkanes of at least 4 members (excludes halogenated alkanes) is 18. The first-order valence-electron chi connectivity index (χ1n) is 15.4. The molecule has 218 valence electrons. The SMILES string of the molecule is CCCCCCCCCCCCCCCCCCCCCC(=O)OC/C=C/c1cc(OC)c(O)c(OC)c1. The number of rotatable bonds is 25. The molecule has 0 unspecified atom stereocenters. The van der Waals surface area contributed by atoms with Crippen LogP contribution in [0.1, 0.15) is 141 Å². The van der Waals surface area contributed by atoms with Gasteiger partial charge in [0, 0.05) is 6.42 Å². The molecule has 0 fully saturated rings. The molecule has 0 bridgehead atoms. The van der Waals surface area contributed by atoms with E-state index < -0.39 is 0 Å². The van der Waals surface area contributed by atoms with E-state index in [2.05, 4.69) is 6.92 Å². The molecule has 38 heavy (non-hydrogen) atoms. The van der Waals surface area contributed by atoms with Gasteiger partial charge in [-0.25, -0.2) is 0 Å². The molecule has 0 saturated heterocycles. The van der Waals surface area contributed by atoms with Crippen LogP contribution in [-0.4, -0.2) is 31.9 Å². The van der Waals surface area contributed by atoms with Crippen molar-refractivity contribution in [1.82, 2.24) is 0 Å². The highest BCUT2D eigenvalue weighted by Crippen LogP contribution is 2.37. The molecular formula is C33H56O5.